The van der Waals surface area contributed by atoms with E-state index in [2.05, 4.69) is 15.1 Å². The highest BCUT2D eigenvalue weighted by Crippen LogP contribution is 2.24. The molecule has 0 unspecified atom stereocenters. The van der Waals surface area contributed by atoms with E-state index in [1.165, 1.54) is 15.9 Å². The topological polar surface area (TPSA) is 78.0 Å². The van der Waals surface area contributed by atoms with E-state index in [1.54, 1.807) is 12.4 Å². The number of thiazole rings is 1. The van der Waals surface area contributed by atoms with Gasteiger partial charge in [0.25, 0.3) is 5.56 Å². The van der Waals surface area contributed by atoms with E-state index >= 15 is 0 Å². The Labute approximate surface area is 191 Å². The molecule has 33 heavy (non-hydrogen) atoms. The summed E-state index contributed by atoms with van der Waals surface area (Å²) in [5, 5.41) is 9.23. The molecule has 6 rings (SSSR count). The van der Waals surface area contributed by atoms with Gasteiger partial charge in [-0.2, -0.15) is 14.6 Å². The SMILES string of the molecule is O=c1c(=Cc2cn(-c3ccccc3)nc2-c2ccccc2)sc2nc(-c3ccncc3)nn12. The third-order valence-electron chi connectivity index (χ3n) is 5.22. The molecule has 0 saturated heterocycles. The minimum Gasteiger partial charge on any atom is -0.266 e. The lowest BCUT2D eigenvalue weighted by molar-refractivity contribution is 0.884. The largest absolute Gasteiger partial charge is 0.291 e. The lowest BCUT2D eigenvalue weighted by Gasteiger charge is -2.00. The summed E-state index contributed by atoms with van der Waals surface area (Å²) in [6.45, 7) is 0. The van der Waals surface area contributed by atoms with Gasteiger partial charge >= 0.3 is 0 Å². The normalized spacial score (nSPS) is 11.9. The van der Waals surface area contributed by atoms with E-state index in [0.717, 1.165) is 28.1 Å². The summed E-state index contributed by atoms with van der Waals surface area (Å²) in [6, 6.07) is 23.5. The van der Waals surface area contributed by atoms with Crippen molar-refractivity contribution >= 4 is 22.4 Å². The Bertz CT molecular complexity index is 1670. The number of pyridine rings is 1. The van der Waals surface area contributed by atoms with Crippen LogP contribution in [0.15, 0.2) is 96.2 Å². The van der Waals surface area contributed by atoms with Crippen LogP contribution in [0.2, 0.25) is 0 Å². The van der Waals surface area contributed by atoms with E-state index in [1.807, 2.05) is 89.8 Å². The minimum atomic E-state index is -0.200. The zero-order valence-electron chi connectivity index (χ0n) is 17.2. The van der Waals surface area contributed by atoms with Gasteiger partial charge in [-0.1, -0.05) is 59.9 Å². The molecule has 0 aliphatic rings. The molecule has 0 saturated carbocycles. The first kappa shape index (κ1) is 19.3. The van der Waals surface area contributed by atoms with Crippen molar-refractivity contribution in [1.82, 2.24) is 29.4 Å². The first-order valence-electron chi connectivity index (χ1n) is 10.3. The zero-order chi connectivity index (χ0) is 22.2. The summed E-state index contributed by atoms with van der Waals surface area (Å²) in [4.78, 5) is 22.2. The number of rotatable bonds is 4. The second-order valence-electron chi connectivity index (χ2n) is 7.36. The third-order valence-corrected chi connectivity index (χ3v) is 6.18. The maximum atomic E-state index is 13.1. The van der Waals surface area contributed by atoms with Crippen LogP contribution in [0.5, 0.6) is 0 Å². The fourth-order valence-electron chi connectivity index (χ4n) is 3.62. The summed E-state index contributed by atoms with van der Waals surface area (Å²) in [7, 11) is 0. The molecular weight excluding hydrogens is 432 g/mol. The first-order chi connectivity index (χ1) is 16.3. The van der Waals surface area contributed by atoms with Crippen molar-refractivity contribution in [3.8, 4) is 28.3 Å². The molecule has 0 bridgehead atoms. The molecular formula is C25H16N6OS. The lowest BCUT2D eigenvalue weighted by atomic mass is 10.1. The average molecular weight is 449 g/mol. The Kier molecular flexibility index (Phi) is 4.63. The second-order valence-corrected chi connectivity index (χ2v) is 8.37. The quantitative estimate of drug-likeness (QED) is 0.412. The van der Waals surface area contributed by atoms with Crippen LogP contribution in [0.25, 0.3) is 39.4 Å². The molecule has 0 aliphatic heterocycles. The van der Waals surface area contributed by atoms with Gasteiger partial charge in [0.15, 0.2) is 5.82 Å². The number of aromatic nitrogens is 6. The average Bonchev–Trinajstić information content (AvgIpc) is 3.56. The molecule has 158 valence electrons. The van der Waals surface area contributed by atoms with Crippen molar-refractivity contribution in [3.63, 3.8) is 0 Å². The van der Waals surface area contributed by atoms with E-state index in [4.69, 9.17) is 5.10 Å². The Balaban J connectivity index is 1.50. The molecule has 0 N–H and O–H groups in total. The molecule has 2 aromatic carbocycles. The maximum absolute atomic E-state index is 13.1. The predicted molar refractivity (Wildman–Crippen MR) is 128 cm³/mol. The Morgan fingerprint density at radius 1 is 0.818 bits per heavy atom. The van der Waals surface area contributed by atoms with Crippen LogP contribution in [0, 0.1) is 0 Å². The molecule has 0 amide bonds. The van der Waals surface area contributed by atoms with Crippen molar-refractivity contribution in [2.75, 3.05) is 0 Å². The molecule has 6 aromatic rings. The summed E-state index contributed by atoms with van der Waals surface area (Å²) >= 11 is 1.31. The van der Waals surface area contributed by atoms with Gasteiger partial charge in [0.05, 0.1) is 15.9 Å². The smallest absolute Gasteiger partial charge is 0.266 e. The molecule has 0 spiro atoms. The van der Waals surface area contributed by atoms with Crippen molar-refractivity contribution in [2.24, 2.45) is 0 Å². The van der Waals surface area contributed by atoms with Crippen LogP contribution >= 0.6 is 11.3 Å². The third kappa shape index (κ3) is 3.52. The maximum Gasteiger partial charge on any atom is 0.291 e. The van der Waals surface area contributed by atoms with E-state index < -0.39 is 0 Å². The van der Waals surface area contributed by atoms with Gasteiger partial charge in [-0.25, -0.2) is 4.68 Å². The van der Waals surface area contributed by atoms with Crippen LogP contribution in [0.3, 0.4) is 0 Å². The summed E-state index contributed by atoms with van der Waals surface area (Å²) in [6.07, 6.45) is 7.16. The Morgan fingerprint density at radius 2 is 1.55 bits per heavy atom. The number of fused-ring (bicyclic) bond motifs is 1. The van der Waals surface area contributed by atoms with Gasteiger partial charge in [0.2, 0.25) is 4.96 Å². The van der Waals surface area contributed by atoms with Crippen molar-refractivity contribution < 1.29 is 0 Å². The summed E-state index contributed by atoms with van der Waals surface area (Å²) < 4.78 is 3.74. The summed E-state index contributed by atoms with van der Waals surface area (Å²) in [5.74, 6) is 0.508. The van der Waals surface area contributed by atoms with E-state index in [-0.39, 0.29) is 5.56 Å². The summed E-state index contributed by atoms with van der Waals surface area (Å²) in [5.41, 5.74) is 4.19. The number of nitrogens with zero attached hydrogens (tertiary/aromatic N) is 6. The number of hydrogen-bond donors (Lipinski definition) is 0. The molecule has 7 nitrogen and oxygen atoms in total. The van der Waals surface area contributed by atoms with Crippen LogP contribution in [-0.4, -0.2) is 29.4 Å². The van der Waals surface area contributed by atoms with E-state index in [9.17, 15) is 4.79 Å². The highest BCUT2D eigenvalue weighted by molar-refractivity contribution is 7.15. The van der Waals surface area contributed by atoms with Gasteiger partial charge in [-0.05, 0) is 30.3 Å². The van der Waals surface area contributed by atoms with Gasteiger partial charge in [0, 0.05) is 35.3 Å². The number of hydrogen-bond acceptors (Lipinski definition) is 6. The standard InChI is InChI=1S/C25H16N6OS/c32-24-21(33-25-27-23(29-31(24)25)18-11-13-26-14-12-18)15-19-16-30(20-9-5-2-6-10-20)28-22(19)17-7-3-1-4-8-17/h1-16H. The molecule has 0 aliphatic carbocycles. The van der Waals surface area contributed by atoms with E-state index in [0.29, 0.717) is 15.3 Å². The van der Waals surface area contributed by atoms with Gasteiger partial charge < -0.3 is 0 Å². The zero-order valence-corrected chi connectivity index (χ0v) is 18.1. The second kappa shape index (κ2) is 7.92. The lowest BCUT2D eigenvalue weighted by Crippen LogP contribution is -2.23. The Hall–Kier alpha value is -4.43. The molecule has 0 fully saturated rings. The van der Waals surface area contributed by atoms with Crippen LogP contribution < -0.4 is 10.1 Å². The number of benzene rings is 2. The molecule has 4 heterocycles. The van der Waals surface area contributed by atoms with Crippen LogP contribution in [0.1, 0.15) is 5.56 Å². The van der Waals surface area contributed by atoms with Gasteiger partial charge in [-0.15, -0.1) is 5.10 Å². The van der Waals surface area contributed by atoms with Gasteiger partial charge in [-0.3, -0.25) is 9.78 Å². The fourth-order valence-corrected chi connectivity index (χ4v) is 4.52. The van der Waals surface area contributed by atoms with Crippen molar-refractivity contribution in [1.29, 1.82) is 0 Å². The van der Waals surface area contributed by atoms with Gasteiger partial charge in [0.1, 0.15) is 0 Å². The fraction of sp³-hybridized carbons (Fsp3) is 0. The highest BCUT2D eigenvalue weighted by atomic mass is 32.1. The van der Waals surface area contributed by atoms with Crippen LogP contribution in [-0.2, 0) is 0 Å². The molecule has 0 atom stereocenters. The molecule has 4 aromatic heterocycles. The van der Waals surface area contributed by atoms with Crippen LogP contribution in [0.4, 0.5) is 0 Å². The molecule has 8 heteroatoms. The number of para-hydroxylation sites is 1. The Morgan fingerprint density at radius 3 is 2.27 bits per heavy atom. The minimum absolute atomic E-state index is 0.200. The monoisotopic (exact) mass is 448 g/mol. The van der Waals surface area contributed by atoms with Crippen molar-refractivity contribution in [2.45, 2.75) is 0 Å². The molecule has 0 radical (unpaired) electrons. The predicted octanol–water partition coefficient (Wildman–Crippen LogP) is 3.61. The van der Waals surface area contributed by atoms with Crippen molar-refractivity contribution in [3.05, 3.63) is 112 Å². The highest BCUT2D eigenvalue weighted by Gasteiger charge is 2.14. The first-order valence-corrected chi connectivity index (χ1v) is 11.1.